The Labute approximate surface area is 116 Å². The molecule has 1 aromatic heterocycles. The van der Waals surface area contributed by atoms with Crippen LogP contribution in [-0.4, -0.2) is 27.3 Å². The van der Waals surface area contributed by atoms with Gasteiger partial charge in [0, 0.05) is 30.5 Å². The lowest BCUT2D eigenvalue weighted by atomic mass is 10.2. The van der Waals surface area contributed by atoms with Crippen molar-refractivity contribution in [1.29, 1.82) is 0 Å². The summed E-state index contributed by atoms with van der Waals surface area (Å²) in [6.07, 6.45) is 1.93. The monoisotopic (exact) mass is 269 g/mol. The molecule has 0 aliphatic rings. The van der Waals surface area contributed by atoms with Gasteiger partial charge in [-0.25, -0.2) is 0 Å². The minimum absolute atomic E-state index is 0.237. The van der Waals surface area contributed by atoms with Crippen molar-refractivity contribution in [3.05, 3.63) is 17.5 Å². The van der Waals surface area contributed by atoms with Crippen LogP contribution in [0.5, 0.6) is 0 Å². The highest BCUT2D eigenvalue weighted by Crippen LogP contribution is 2.12. The summed E-state index contributed by atoms with van der Waals surface area (Å²) in [6.45, 7) is 9.71. The minimum atomic E-state index is 0.237. The fraction of sp³-hybridized carbons (Fsp3) is 0.786. The first-order valence-corrected chi connectivity index (χ1v) is 8.11. The van der Waals surface area contributed by atoms with Crippen molar-refractivity contribution in [3.63, 3.8) is 0 Å². The maximum Gasteiger partial charge on any atom is 0.0624 e. The summed E-state index contributed by atoms with van der Waals surface area (Å²) in [5, 5.41) is 4.56. The second kappa shape index (κ2) is 7.85. The Balaban J connectivity index is 2.47. The average molecular weight is 269 g/mol. The van der Waals surface area contributed by atoms with Crippen molar-refractivity contribution in [2.24, 2.45) is 11.7 Å². The number of rotatable bonds is 8. The lowest BCUT2D eigenvalue weighted by molar-refractivity contribution is 0.591. The smallest absolute Gasteiger partial charge is 0.0624 e. The molecule has 0 radical (unpaired) electrons. The first kappa shape index (κ1) is 15.6. The van der Waals surface area contributed by atoms with E-state index in [1.807, 2.05) is 11.8 Å². The summed E-state index contributed by atoms with van der Waals surface area (Å²) < 4.78 is 2.09. The van der Waals surface area contributed by atoms with Crippen molar-refractivity contribution >= 4 is 11.8 Å². The van der Waals surface area contributed by atoms with Crippen molar-refractivity contribution in [2.45, 2.75) is 53.1 Å². The van der Waals surface area contributed by atoms with Crippen LogP contribution in [0.3, 0.4) is 0 Å². The number of aromatic nitrogens is 2. The lowest BCUT2D eigenvalue weighted by Gasteiger charge is -2.13. The molecule has 0 fully saturated rings. The topological polar surface area (TPSA) is 43.8 Å². The summed E-state index contributed by atoms with van der Waals surface area (Å²) in [6, 6.07) is 2.44. The number of hydrogen-bond acceptors (Lipinski definition) is 3. The van der Waals surface area contributed by atoms with Gasteiger partial charge in [-0.05, 0) is 31.1 Å². The van der Waals surface area contributed by atoms with Gasteiger partial charge >= 0.3 is 0 Å². The number of aryl methyl sites for hydroxylation is 2. The Morgan fingerprint density at radius 2 is 2.06 bits per heavy atom. The summed E-state index contributed by atoms with van der Waals surface area (Å²) in [7, 11) is 0. The highest BCUT2D eigenvalue weighted by atomic mass is 32.2. The molecule has 0 aliphatic heterocycles. The van der Waals surface area contributed by atoms with E-state index in [0.29, 0.717) is 0 Å². The molecular formula is C14H27N3S. The van der Waals surface area contributed by atoms with Crippen molar-refractivity contribution in [2.75, 3.05) is 11.5 Å². The normalized spacial score (nSPS) is 13.2. The lowest BCUT2D eigenvalue weighted by Crippen LogP contribution is -2.27. The molecule has 18 heavy (non-hydrogen) atoms. The molecule has 0 aromatic carbocycles. The van der Waals surface area contributed by atoms with E-state index >= 15 is 0 Å². The highest BCUT2D eigenvalue weighted by Gasteiger charge is 2.10. The summed E-state index contributed by atoms with van der Waals surface area (Å²) in [4.78, 5) is 0. The van der Waals surface area contributed by atoms with Gasteiger partial charge in [-0.15, -0.1) is 0 Å². The molecule has 104 valence electrons. The van der Waals surface area contributed by atoms with Gasteiger partial charge in [0.15, 0.2) is 0 Å². The Hall–Kier alpha value is -0.480. The molecule has 4 heteroatoms. The van der Waals surface area contributed by atoms with Crippen LogP contribution in [0.25, 0.3) is 0 Å². The highest BCUT2D eigenvalue weighted by molar-refractivity contribution is 7.99. The predicted octanol–water partition coefficient (Wildman–Crippen LogP) is 2.72. The number of thioether (sulfide) groups is 1. The van der Waals surface area contributed by atoms with Crippen LogP contribution in [0.1, 0.15) is 39.1 Å². The summed E-state index contributed by atoms with van der Waals surface area (Å²) in [5.41, 5.74) is 8.66. The predicted molar refractivity (Wildman–Crippen MR) is 81.1 cm³/mol. The number of nitrogens with two attached hydrogens (primary N) is 1. The molecule has 1 atom stereocenters. The van der Waals surface area contributed by atoms with E-state index in [9.17, 15) is 0 Å². The zero-order chi connectivity index (χ0) is 13.5. The fourth-order valence-corrected chi connectivity index (χ4v) is 2.94. The molecule has 1 unspecified atom stereocenters. The zero-order valence-electron chi connectivity index (χ0n) is 12.1. The summed E-state index contributed by atoms with van der Waals surface area (Å²) >= 11 is 1.96. The van der Waals surface area contributed by atoms with E-state index in [1.165, 1.54) is 17.1 Å². The first-order valence-electron chi connectivity index (χ1n) is 6.95. The number of hydrogen-bond donors (Lipinski definition) is 1. The standard InChI is InChI=1S/C14H27N3S/c1-5-13-8-14(17(6-2)16-13)7-12(15)10-18-9-11(3)4/h8,11-12H,5-7,9-10,15H2,1-4H3. The molecule has 0 aliphatic carbocycles. The molecular weight excluding hydrogens is 242 g/mol. The molecule has 0 spiro atoms. The van der Waals surface area contributed by atoms with Crippen LogP contribution in [0, 0.1) is 5.92 Å². The Morgan fingerprint density at radius 3 is 2.61 bits per heavy atom. The third-order valence-corrected chi connectivity index (χ3v) is 4.40. The fourth-order valence-electron chi connectivity index (χ4n) is 1.91. The first-order chi connectivity index (χ1) is 8.56. The molecule has 1 rings (SSSR count). The minimum Gasteiger partial charge on any atom is -0.327 e. The van der Waals surface area contributed by atoms with Crippen LogP contribution in [0.15, 0.2) is 6.07 Å². The quantitative estimate of drug-likeness (QED) is 0.789. The molecule has 1 heterocycles. The Bertz CT molecular complexity index is 347. The zero-order valence-corrected chi connectivity index (χ0v) is 13.0. The molecule has 0 saturated heterocycles. The van der Waals surface area contributed by atoms with Gasteiger partial charge in [-0.3, -0.25) is 4.68 Å². The van der Waals surface area contributed by atoms with Crippen LogP contribution < -0.4 is 5.73 Å². The van der Waals surface area contributed by atoms with Gasteiger partial charge in [0.25, 0.3) is 0 Å². The van der Waals surface area contributed by atoms with Gasteiger partial charge in [-0.2, -0.15) is 16.9 Å². The van der Waals surface area contributed by atoms with E-state index in [0.717, 1.165) is 31.1 Å². The van der Waals surface area contributed by atoms with Crippen LogP contribution in [0.2, 0.25) is 0 Å². The van der Waals surface area contributed by atoms with E-state index in [1.54, 1.807) is 0 Å². The molecule has 0 saturated carbocycles. The van der Waals surface area contributed by atoms with Crippen LogP contribution >= 0.6 is 11.8 Å². The van der Waals surface area contributed by atoms with Crippen LogP contribution in [-0.2, 0) is 19.4 Å². The van der Waals surface area contributed by atoms with Gasteiger partial charge in [0.05, 0.1) is 5.69 Å². The SMILES string of the molecule is CCc1cc(CC(N)CSCC(C)C)n(CC)n1. The van der Waals surface area contributed by atoms with Gasteiger partial charge in [0.2, 0.25) is 0 Å². The molecule has 2 N–H and O–H groups in total. The molecule has 1 aromatic rings. The van der Waals surface area contributed by atoms with Crippen molar-refractivity contribution in [3.8, 4) is 0 Å². The molecule has 0 bridgehead atoms. The molecule has 0 amide bonds. The maximum atomic E-state index is 6.20. The van der Waals surface area contributed by atoms with E-state index in [-0.39, 0.29) is 6.04 Å². The van der Waals surface area contributed by atoms with Gasteiger partial charge < -0.3 is 5.73 Å². The van der Waals surface area contributed by atoms with E-state index in [4.69, 9.17) is 5.73 Å². The van der Waals surface area contributed by atoms with E-state index in [2.05, 4.69) is 43.5 Å². The Morgan fingerprint density at radius 1 is 1.33 bits per heavy atom. The van der Waals surface area contributed by atoms with Crippen LogP contribution in [0.4, 0.5) is 0 Å². The van der Waals surface area contributed by atoms with Crippen molar-refractivity contribution < 1.29 is 0 Å². The Kier molecular flexibility index (Phi) is 6.79. The van der Waals surface area contributed by atoms with Gasteiger partial charge in [0.1, 0.15) is 0 Å². The molecule has 3 nitrogen and oxygen atoms in total. The maximum absolute atomic E-state index is 6.20. The average Bonchev–Trinajstić information content (AvgIpc) is 2.70. The van der Waals surface area contributed by atoms with Gasteiger partial charge in [-0.1, -0.05) is 20.8 Å². The third kappa shape index (κ3) is 5.02. The van der Waals surface area contributed by atoms with Crippen molar-refractivity contribution in [1.82, 2.24) is 9.78 Å². The summed E-state index contributed by atoms with van der Waals surface area (Å²) in [5.74, 6) is 2.98. The second-order valence-corrected chi connectivity index (χ2v) is 6.27. The largest absolute Gasteiger partial charge is 0.327 e. The van der Waals surface area contributed by atoms with E-state index < -0.39 is 0 Å². The second-order valence-electron chi connectivity index (χ2n) is 5.19. The number of nitrogens with zero attached hydrogens (tertiary/aromatic N) is 2. The third-order valence-electron chi connectivity index (χ3n) is 2.83.